The van der Waals surface area contributed by atoms with Crippen molar-refractivity contribution in [1.29, 1.82) is 0 Å². The van der Waals surface area contributed by atoms with E-state index >= 15 is 0 Å². The summed E-state index contributed by atoms with van der Waals surface area (Å²) >= 11 is 1.74. The maximum Gasteiger partial charge on any atom is 0.0897 e. The van der Waals surface area contributed by atoms with E-state index in [1.54, 1.807) is 11.3 Å². The number of nitrogens with zero attached hydrogens (tertiary/aromatic N) is 2. The first-order valence-corrected chi connectivity index (χ1v) is 5.99. The van der Waals surface area contributed by atoms with E-state index in [1.807, 2.05) is 0 Å². The highest BCUT2D eigenvalue weighted by atomic mass is 32.1. The van der Waals surface area contributed by atoms with Gasteiger partial charge in [-0.25, -0.2) is 4.98 Å². The minimum Gasteiger partial charge on any atom is -0.314 e. The molecule has 3 nitrogen and oxygen atoms in total. The van der Waals surface area contributed by atoms with Crippen molar-refractivity contribution >= 4 is 11.3 Å². The van der Waals surface area contributed by atoms with Crippen LogP contribution in [0.1, 0.15) is 17.6 Å². The third-order valence-electron chi connectivity index (χ3n) is 2.67. The Hall–Kier alpha value is -0.450. The molecule has 14 heavy (non-hydrogen) atoms. The fourth-order valence-electron chi connectivity index (χ4n) is 1.81. The van der Waals surface area contributed by atoms with Crippen molar-refractivity contribution in [3.8, 4) is 0 Å². The van der Waals surface area contributed by atoms with Gasteiger partial charge in [-0.1, -0.05) is 0 Å². The molecule has 0 saturated carbocycles. The first-order valence-electron chi connectivity index (χ1n) is 5.11. The molecule has 0 aliphatic carbocycles. The van der Waals surface area contributed by atoms with Crippen LogP contribution < -0.4 is 5.32 Å². The van der Waals surface area contributed by atoms with Crippen molar-refractivity contribution in [2.75, 3.05) is 19.6 Å². The molecule has 0 amide bonds. The molecule has 1 fully saturated rings. The number of aryl methyl sites for hydroxylation is 1. The van der Waals surface area contributed by atoms with Crippen molar-refractivity contribution in [1.82, 2.24) is 15.2 Å². The van der Waals surface area contributed by atoms with Gasteiger partial charge in [-0.2, -0.15) is 0 Å². The number of piperazine rings is 1. The van der Waals surface area contributed by atoms with E-state index in [9.17, 15) is 0 Å². The third kappa shape index (κ3) is 2.32. The molecule has 1 aromatic rings. The zero-order valence-corrected chi connectivity index (χ0v) is 9.60. The molecule has 0 radical (unpaired) electrons. The van der Waals surface area contributed by atoms with Crippen molar-refractivity contribution < 1.29 is 0 Å². The van der Waals surface area contributed by atoms with E-state index in [4.69, 9.17) is 0 Å². The van der Waals surface area contributed by atoms with Gasteiger partial charge in [0.15, 0.2) is 0 Å². The molecule has 78 valence electrons. The van der Waals surface area contributed by atoms with Gasteiger partial charge < -0.3 is 5.32 Å². The fourth-order valence-corrected chi connectivity index (χ4v) is 2.41. The number of thiazole rings is 1. The van der Waals surface area contributed by atoms with Gasteiger partial charge in [0.1, 0.15) is 0 Å². The van der Waals surface area contributed by atoms with Gasteiger partial charge in [0.2, 0.25) is 0 Å². The first kappa shape index (κ1) is 10.1. The van der Waals surface area contributed by atoms with Gasteiger partial charge in [0, 0.05) is 37.6 Å². The summed E-state index contributed by atoms with van der Waals surface area (Å²) in [5.41, 5.74) is 1.22. The summed E-state index contributed by atoms with van der Waals surface area (Å²) in [6, 6.07) is 0.630. The summed E-state index contributed by atoms with van der Waals surface area (Å²) < 4.78 is 0. The second-order valence-electron chi connectivity index (χ2n) is 3.88. The van der Waals surface area contributed by atoms with Crippen LogP contribution in [0.4, 0.5) is 0 Å². The maximum absolute atomic E-state index is 4.50. The molecule has 1 N–H and O–H groups in total. The zero-order valence-electron chi connectivity index (χ0n) is 8.79. The molecule has 0 aromatic carbocycles. The highest BCUT2D eigenvalue weighted by Gasteiger charge is 2.18. The number of hydrogen-bond donors (Lipinski definition) is 1. The molecule has 1 saturated heterocycles. The Morgan fingerprint density at radius 2 is 2.57 bits per heavy atom. The first-order chi connectivity index (χ1) is 6.75. The van der Waals surface area contributed by atoms with Crippen LogP contribution in [-0.4, -0.2) is 35.6 Å². The number of rotatable bonds is 2. The topological polar surface area (TPSA) is 28.2 Å². The largest absolute Gasteiger partial charge is 0.314 e. The van der Waals surface area contributed by atoms with Crippen LogP contribution in [0.2, 0.25) is 0 Å². The number of hydrogen-bond acceptors (Lipinski definition) is 4. The van der Waals surface area contributed by atoms with Gasteiger partial charge in [0.25, 0.3) is 0 Å². The molecule has 4 heteroatoms. The molecular weight excluding hydrogens is 194 g/mol. The Bertz CT molecular complexity index is 297. The van der Waals surface area contributed by atoms with Crippen LogP contribution in [0.25, 0.3) is 0 Å². The summed E-state index contributed by atoms with van der Waals surface area (Å²) in [6.07, 6.45) is 0. The molecular formula is C10H17N3S. The summed E-state index contributed by atoms with van der Waals surface area (Å²) in [5.74, 6) is 0. The quantitative estimate of drug-likeness (QED) is 0.798. The Labute approximate surface area is 89.1 Å². The molecule has 0 unspecified atom stereocenters. The van der Waals surface area contributed by atoms with E-state index in [1.165, 1.54) is 10.7 Å². The molecule has 2 heterocycles. The summed E-state index contributed by atoms with van der Waals surface area (Å²) in [4.78, 5) is 6.99. The van der Waals surface area contributed by atoms with Crippen molar-refractivity contribution in [3.05, 3.63) is 16.1 Å². The average Bonchev–Trinajstić information content (AvgIpc) is 2.56. The molecule has 0 spiro atoms. The van der Waals surface area contributed by atoms with Gasteiger partial charge in [-0.05, 0) is 13.8 Å². The van der Waals surface area contributed by atoms with E-state index < -0.39 is 0 Å². The van der Waals surface area contributed by atoms with Crippen LogP contribution in [-0.2, 0) is 6.54 Å². The summed E-state index contributed by atoms with van der Waals surface area (Å²) in [7, 11) is 0. The Morgan fingerprint density at radius 3 is 3.21 bits per heavy atom. The number of aromatic nitrogens is 1. The predicted molar refractivity (Wildman–Crippen MR) is 59.6 cm³/mol. The summed E-state index contributed by atoms with van der Waals surface area (Å²) in [6.45, 7) is 8.68. The lowest BCUT2D eigenvalue weighted by molar-refractivity contribution is 0.164. The molecule has 2 rings (SSSR count). The van der Waals surface area contributed by atoms with Crippen molar-refractivity contribution in [2.24, 2.45) is 0 Å². The van der Waals surface area contributed by atoms with E-state index in [0.29, 0.717) is 6.04 Å². The molecule has 0 bridgehead atoms. The number of nitrogens with one attached hydrogen (secondary N) is 1. The maximum atomic E-state index is 4.50. The SMILES string of the molecule is Cc1nc(CN2CCNC[C@@H]2C)cs1. The molecule has 1 aliphatic heterocycles. The lowest BCUT2D eigenvalue weighted by Gasteiger charge is -2.33. The average molecular weight is 211 g/mol. The van der Waals surface area contributed by atoms with Crippen molar-refractivity contribution in [2.45, 2.75) is 26.4 Å². The normalized spacial score (nSPS) is 24.0. The van der Waals surface area contributed by atoms with Crippen molar-refractivity contribution in [3.63, 3.8) is 0 Å². The van der Waals surface area contributed by atoms with E-state index in [2.05, 4.69) is 34.4 Å². The van der Waals surface area contributed by atoms with Crippen LogP contribution in [0.3, 0.4) is 0 Å². The van der Waals surface area contributed by atoms with E-state index in [0.717, 1.165) is 26.2 Å². The molecule has 1 atom stereocenters. The highest BCUT2D eigenvalue weighted by molar-refractivity contribution is 7.09. The smallest absolute Gasteiger partial charge is 0.0897 e. The molecule has 1 aromatic heterocycles. The highest BCUT2D eigenvalue weighted by Crippen LogP contribution is 2.12. The van der Waals surface area contributed by atoms with Gasteiger partial charge >= 0.3 is 0 Å². The second kappa shape index (κ2) is 4.38. The standard InChI is InChI=1S/C10H17N3S/c1-8-5-11-3-4-13(8)6-10-7-14-9(2)12-10/h7-8,11H,3-6H2,1-2H3/t8-/m0/s1. The van der Waals surface area contributed by atoms with Crippen LogP contribution in [0.15, 0.2) is 5.38 Å². The zero-order chi connectivity index (χ0) is 9.97. The van der Waals surface area contributed by atoms with Gasteiger partial charge in [-0.3, -0.25) is 4.90 Å². The fraction of sp³-hybridized carbons (Fsp3) is 0.700. The predicted octanol–water partition coefficient (Wildman–Crippen LogP) is 1.25. The van der Waals surface area contributed by atoms with E-state index in [-0.39, 0.29) is 0 Å². The monoisotopic (exact) mass is 211 g/mol. The third-order valence-corrected chi connectivity index (χ3v) is 3.49. The lowest BCUT2D eigenvalue weighted by Crippen LogP contribution is -2.49. The Morgan fingerprint density at radius 1 is 1.71 bits per heavy atom. The van der Waals surface area contributed by atoms with Crippen LogP contribution in [0.5, 0.6) is 0 Å². The van der Waals surface area contributed by atoms with Crippen LogP contribution >= 0.6 is 11.3 Å². The Kier molecular flexibility index (Phi) is 3.15. The summed E-state index contributed by atoms with van der Waals surface area (Å²) in [5, 5.41) is 6.74. The minimum atomic E-state index is 0.630. The second-order valence-corrected chi connectivity index (χ2v) is 4.94. The van der Waals surface area contributed by atoms with Crippen LogP contribution in [0, 0.1) is 6.92 Å². The Balaban J connectivity index is 1.95. The molecule has 1 aliphatic rings. The van der Waals surface area contributed by atoms with Gasteiger partial charge in [0.05, 0.1) is 10.7 Å². The lowest BCUT2D eigenvalue weighted by atomic mass is 10.2. The minimum absolute atomic E-state index is 0.630. The van der Waals surface area contributed by atoms with Gasteiger partial charge in [-0.15, -0.1) is 11.3 Å².